The number of nitrogens with one attached hydrogen (secondary N) is 1. The molecule has 6 heteroatoms. The molecule has 0 aliphatic heterocycles. The van der Waals surface area contributed by atoms with Crippen LogP contribution in [0, 0.1) is 5.82 Å². The minimum atomic E-state index is -0.280. The first-order valence-electron chi connectivity index (χ1n) is 4.34. The van der Waals surface area contributed by atoms with E-state index in [-0.39, 0.29) is 5.82 Å². The highest BCUT2D eigenvalue weighted by molar-refractivity contribution is 5.56. The molecule has 0 spiro atoms. The van der Waals surface area contributed by atoms with Gasteiger partial charge in [-0.2, -0.15) is 0 Å². The molecule has 3 N–H and O–H groups in total. The summed E-state index contributed by atoms with van der Waals surface area (Å²) in [5.74, 6) is 6.03. The van der Waals surface area contributed by atoms with Crippen LogP contribution in [0.1, 0.15) is 0 Å². The molecule has 5 nitrogen and oxygen atoms in total. The lowest BCUT2D eigenvalue weighted by molar-refractivity contribution is 0.628. The monoisotopic (exact) mass is 207 g/mol. The van der Waals surface area contributed by atoms with Crippen molar-refractivity contribution in [3.8, 4) is 11.4 Å². The Morgan fingerprint density at radius 3 is 2.47 bits per heavy atom. The maximum atomic E-state index is 12.7. The highest BCUT2D eigenvalue weighted by Crippen LogP contribution is 2.18. The highest BCUT2D eigenvalue weighted by atomic mass is 19.1. The number of anilines is 1. The van der Waals surface area contributed by atoms with Crippen molar-refractivity contribution in [1.29, 1.82) is 0 Å². The molecule has 15 heavy (non-hydrogen) atoms. The number of halogens is 1. The molecule has 0 bridgehead atoms. The average Bonchev–Trinajstić information content (AvgIpc) is 2.61. The molecule has 0 amide bonds. The van der Waals surface area contributed by atoms with E-state index in [9.17, 15) is 4.39 Å². The lowest BCUT2D eigenvalue weighted by Crippen LogP contribution is -2.11. The molecule has 2 aromatic rings. The van der Waals surface area contributed by atoms with Crippen molar-refractivity contribution in [3.63, 3.8) is 0 Å². The molecule has 0 unspecified atom stereocenters. The van der Waals surface area contributed by atoms with Crippen LogP contribution in [0.4, 0.5) is 10.3 Å². The molecule has 1 aromatic heterocycles. The average molecular weight is 207 g/mol. The molecule has 1 heterocycles. The van der Waals surface area contributed by atoms with Crippen molar-refractivity contribution in [2.24, 2.45) is 12.9 Å². The van der Waals surface area contributed by atoms with Crippen molar-refractivity contribution in [2.45, 2.75) is 0 Å². The number of nitrogens with zero attached hydrogens (tertiary/aromatic N) is 3. The zero-order chi connectivity index (χ0) is 10.8. The fraction of sp³-hybridized carbons (Fsp3) is 0.111. The fourth-order valence-corrected chi connectivity index (χ4v) is 1.31. The molecular formula is C9H10FN5. The van der Waals surface area contributed by atoms with Gasteiger partial charge in [-0.1, -0.05) is 0 Å². The zero-order valence-corrected chi connectivity index (χ0v) is 8.11. The molecule has 0 saturated carbocycles. The van der Waals surface area contributed by atoms with Gasteiger partial charge in [-0.3, -0.25) is 9.99 Å². The van der Waals surface area contributed by atoms with Gasteiger partial charge in [0, 0.05) is 12.6 Å². The number of hydrogen-bond acceptors (Lipinski definition) is 4. The molecule has 1 aromatic carbocycles. The van der Waals surface area contributed by atoms with Gasteiger partial charge in [-0.25, -0.2) is 10.2 Å². The van der Waals surface area contributed by atoms with Crippen LogP contribution in [-0.2, 0) is 7.05 Å². The number of aromatic nitrogens is 3. The van der Waals surface area contributed by atoms with Gasteiger partial charge in [0.25, 0.3) is 0 Å². The van der Waals surface area contributed by atoms with E-state index in [2.05, 4.69) is 15.6 Å². The summed E-state index contributed by atoms with van der Waals surface area (Å²) >= 11 is 0. The van der Waals surface area contributed by atoms with Crippen LogP contribution < -0.4 is 11.3 Å². The van der Waals surface area contributed by atoms with Crippen molar-refractivity contribution in [2.75, 3.05) is 5.43 Å². The summed E-state index contributed by atoms with van der Waals surface area (Å²) in [5, 5.41) is 7.75. The second kappa shape index (κ2) is 3.66. The van der Waals surface area contributed by atoms with Gasteiger partial charge in [0.1, 0.15) is 5.82 Å². The SMILES string of the molecule is Cn1c(NN)nnc1-c1ccc(F)cc1. The maximum Gasteiger partial charge on any atom is 0.238 e. The Labute approximate surface area is 85.7 Å². The number of rotatable bonds is 2. The molecule has 0 atom stereocenters. The predicted octanol–water partition coefficient (Wildman–Crippen LogP) is 0.907. The van der Waals surface area contributed by atoms with E-state index < -0.39 is 0 Å². The van der Waals surface area contributed by atoms with E-state index in [1.165, 1.54) is 12.1 Å². The van der Waals surface area contributed by atoms with Crippen LogP contribution in [0.3, 0.4) is 0 Å². The Hall–Kier alpha value is -1.95. The quantitative estimate of drug-likeness (QED) is 0.567. The fourth-order valence-electron chi connectivity index (χ4n) is 1.31. The molecule has 2 rings (SSSR count). The van der Waals surface area contributed by atoms with Gasteiger partial charge in [0.2, 0.25) is 5.95 Å². The summed E-state index contributed by atoms with van der Waals surface area (Å²) in [5.41, 5.74) is 3.20. The van der Waals surface area contributed by atoms with Crippen LogP contribution >= 0.6 is 0 Å². The van der Waals surface area contributed by atoms with Crippen molar-refractivity contribution in [3.05, 3.63) is 30.1 Å². The summed E-state index contributed by atoms with van der Waals surface area (Å²) in [7, 11) is 1.77. The van der Waals surface area contributed by atoms with Gasteiger partial charge in [0.15, 0.2) is 5.82 Å². The predicted molar refractivity (Wildman–Crippen MR) is 54.2 cm³/mol. The van der Waals surface area contributed by atoms with E-state index in [0.717, 1.165) is 5.56 Å². The van der Waals surface area contributed by atoms with Gasteiger partial charge in [0.05, 0.1) is 0 Å². The minimum absolute atomic E-state index is 0.280. The van der Waals surface area contributed by atoms with Crippen LogP contribution in [0.5, 0.6) is 0 Å². The third kappa shape index (κ3) is 1.66. The number of hydrazine groups is 1. The molecule has 0 fully saturated rings. The van der Waals surface area contributed by atoms with Crippen LogP contribution in [-0.4, -0.2) is 14.8 Å². The second-order valence-corrected chi connectivity index (χ2v) is 3.06. The molecule has 0 aliphatic carbocycles. The van der Waals surface area contributed by atoms with E-state index in [4.69, 9.17) is 5.84 Å². The Morgan fingerprint density at radius 1 is 1.27 bits per heavy atom. The Kier molecular flexibility index (Phi) is 2.34. The Balaban J connectivity index is 2.45. The summed E-state index contributed by atoms with van der Waals surface area (Å²) < 4.78 is 14.4. The van der Waals surface area contributed by atoms with Crippen LogP contribution in [0.2, 0.25) is 0 Å². The van der Waals surface area contributed by atoms with Gasteiger partial charge < -0.3 is 0 Å². The Morgan fingerprint density at radius 2 is 1.93 bits per heavy atom. The van der Waals surface area contributed by atoms with E-state index in [1.54, 1.807) is 23.7 Å². The largest absolute Gasteiger partial charge is 0.296 e. The summed E-state index contributed by atoms with van der Waals surface area (Å²) in [6.07, 6.45) is 0. The summed E-state index contributed by atoms with van der Waals surface area (Å²) in [4.78, 5) is 0. The van der Waals surface area contributed by atoms with Gasteiger partial charge in [-0.05, 0) is 24.3 Å². The molecular weight excluding hydrogens is 197 g/mol. The van der Waals surface area contributed by atoms with Crippen molar-refractivity contribution in [1.82, 2.24) is 14.8 Å². The first-order valence-corrected chi connectivity index (χ1v) is 4.34. The second-order valence-electron chi connectivity index (χ2n) is 3.06. The maximum absolute atomic E-state index is 12.7. The standard InChI is InChI=1S/C9H10FN5/c1-15-8(13-14-9(15)12-11)6-2-4-7(10)5-3-6/h2-5H,11H2,1H3,(H,12,14). The molecule has 0 aliphatic rings. The molecule has 78 valence electrons. The van der Waals surface area contributed by atoms with E-state index >= 15 is 0 Å². The normalized spacial score (nSPS) is 10.3. The van der Waals surface area contributed by atoms with Crippen molar-refractivity contribution >= 4 is 5.95 Å². The first-order chi connectivity index (χ1) is 7.22. The lowest BCUT2D eigenvalue weighted by Gasteiger charge is -2.02. The van der Waals surface area contributed by atoms with E-state index in [1.807, 2.05) is 0 Å². The smallest absolute Gasteiger partial charge is 0.238 e. The van der Waals surface area contributed by atoms with Crippen LogP contribution in [0.25, 0.3) is 11.4 Å². The first kappa shape index (κ1) is 9.60. The third-order valence-electron chi connectivity index (χ3n) is 2.11. The van der Waals surface area contributed by atoms with Gasteiger partial charge >= 0.3 is 0 Å². The zero-order valence-electron chi connectivity index (χ0n) is 8.11. The Bertz CT molecular complexity index is 462. The van der Waals surface area contributed by atoms with Crippen molar-refractivity contribution < 1.29 is 4.39 Å². The number of hydrogen-bond donors (Lipinski definition) is 2. The number of nitrogens with two attached hydrogens (primary N) is 1. The highest BCUT2D eigenvalue weighted by Gasteiger charge is 2.08. The lowest BCUT2D eigenvalue weighted by atomic mass is 10.2. The van der Waals surface area contributed by atoms with Crippen LogP contribution in [0.15, 0.2) is 24.3 Å². The summed E-state index contributed by atoms with van der Waals surface area (Å²) in [6, 6.07) is 6.03. The molecule has 0 saturated heterocycles. The van der Waals surface area contributed by atoms with E-state index in [0.29, 0.717) is 11.8 Å². The third-order valence-corrected chi connectivity index (χ3v) is 2.11. The topological polar surface area (TPSA) is 68.8 Å². The minimum Gasteiger partial charge on any atom is -0.296 e. The number of benzene rings is 1. The molecule has 0 radical (unpaired) electrons. The number of nitrogen functional groups attached to an aromatic ring is 1. The van der Waals surface area contributed by atoms with Gasteiger partial charge in [-0.15, -0.1) is 10.2 Å². The summed E-state index contributed by atoms with van der Waals surface area (Å²) in [6.45, 7) is 0.